The standard InChI is InChI=1S/C13H13ClFN3O4S/c1-8-16-17-13(22-8)11-7-18(5-6-21-11)23(19,20)12-9(14)3-2-4-10(12)15/h2-4,11H,5-7H2,1H3/t11-/m1/s1. The molecule has 0 bridgehead atoms. The molecule has 1 fully saturated rings. The molecule has 0 spiro atoms. The van der Waals surface area contributed by atoms with Gasteiger partial charge >= 0.3 is 0 Å². The molecule has 1 aliphatic rings. The molecule has 3 rings (SSSR count). The van der Waals surface area contributed by atoms with Crippen LogP contribution in [0.15, 0.2) is 27.5 Å². The Kier molecular flexibility index (Phi) is 4.37. The van der Waals surface area contributed by atoms with Crippen LogP contribution in [-0.4, -0.2) is 42.6 Å². The summed E-state index contributed by atoms with van der Waals surface area (Å²) in [7, 11) is -4.10. The Balaban J connectivity index is 1.91. The second-order valence-corrected chi connectivity index (χ2v) is 7.21. The van der Waals surface area contributed by atoms with Crippen molar-refractivity contribution in [1.29, 1.82) is 0 Å². The van der Waals surface area contributed by atoms with E-state index in [0.717, 1.165) is 10.4 Å². The minimum Gasteiger partial charge on any atom is -0.423 e. The summed E-state index contributed by atoms with van der Waals surface area (Å²) in [6, 6.07) is 3.73. The van der Waals surface area contributed by atoms with E-state index in [4.69, 9.17) is 20.8 Å². The molecule has 10 heteroatoms. The highest BCUT2D eigenvalue weighted by Crippen LogP contribution is 2.30. The summed E-state index contributed by atoms with van der Waals surface area (Å²) >= 11 is 5.87. The van der Waals surface area contributed by atoms with Gasteiger partial charge in [0.05, 0.1) is 11.6 Å². The zero-order valence-corrected chi connectivity index (χ0v) is 13.6. The molecule has 2 aromatic rings. The fourth-order valence-electron chi connectivity index (χ4n) is 2.29. The number of nitrogens with zero attached hydrogens (tertiary/aromatic N) is 3. The van der Waals surface area contributed by atoms with E-state index in [-0.39, 0.29) is 30.6 Å². The highest BCUT2D eigenvalue weighted by molar-refractivity contribution is 7.89. The van der Waals surface area contributed by atoms with Crippen molar-refractivity contribution in [2.75, 3.05) is 19.7 Å². The summed E-state index contributed by atoms with van der Waals surface area (Å²) in [5.41, 5.74) is 0. The first-order valence-corrected chi connectivity index (χ1v) is 8.57. The minimum atomic E-state index is -4.10. The van der Waals surface area contributed by atoms with Gasteiger partial charge in [0.2, 0.25) is 21.8 Å². The summed E-state index contributed by atoms with van der Waals surface area (Å²) < 4.78 is 51.2. The SMILES string of the molecule is Cc1nnc([C@H]2CN(S(=O)(=O)c3c(F)cccc3Cl)CCO2)o1. The average molecular weight is 362 g/mol. The molecule has 0 N–H and O–H groups in total. The van der Waals surface area contributed by atoms with E-state index in [1.54, 1.807) is 6.92 Å². The first-order valence-electron chi connectivity index (χ1n) is 6.75. The molecule has 0 aliphatic carbocycles. The number of benzene rings is 1. The predicted octanol–water partition coefficient (Wildman–Crippen LogP) is 1.93. The molecule has 0 unspecified atom stereocenters. The lowest BCUT2D eigenvalue weighted by Gasteiger charge is -2.30. The lowest BCUT2D eigenvalue weighted by Crippen LogP contribution is -2.42. The van der Waals surface area contributed by atoms with Crippen LogP contribution in [-0.2, 0) is 14.8 Å². The Bertz CT molecular complexity index is 806. The normalized spacial score (nSPS) is 19.9. The van der Waals surface area contributed by atoms with Gasteiger partial charge in [0.1, 0.15) is 16.8 Å². The molecule has 1 aliphatic heterocycles. The largest absolute Gasteiger partial charge is 0.423 e. The van der Waals surface area contributed by atoms with Gasteiger partial charge in [-0.05, 0) is 12.1 Å². The summed E-state index contributed by atoms with van der Waals surface area (Å²) in [6.45, 7) is 1.76. The number of aromatic nitrogens is 2. The van der Waals surface area contributed by atoms with Gasteiger partial charge in [-0.3, -0.25) is 0 Å². The van der Waals surface area contributed by atoms with Crippen molar-refractivity contribution in [2.45, 2.75) is 17.9 Å². The summed E-state index contributed by atoms with van der Waals surface area (Å²) in [5.74, 6) is -0.364. The topological polar surface area (TPSA) is 85.5 Å². The van der Waals surface area contributed by atoms with Gasteiger partial charge in [0, 0.05) is 20.0 Å². The average Bonchev–Trinajstić information content (AvgIpc) is 2.94. The van der Waals surface area contributed by atoms with Crippen molar-refractivity contribution in [3.63, 3.8) is 0 Å². The quantitative estimate of drug-likeness (QED) is 0.830. The van der Waals surface area contributed by atoms with E-state index >= 15 is 0 Å². The Morgan fingerprint density at radius 2 is 2.17 bits per heavy atom. The third-order valence-electron chi connectivity index (χ3n) is 3.36. The van der Waals surface area contributed by atoms with E-state index in [9.17, 15) is 12.8 Å². The van der Waals surface area contributed by atoms with Crippen molar-refractivity contribution < 1.29 is 22.0 Å². The summed E-state index contributed by atoms with van der Waals surface area (Å²) in [5, 5.41) is 7.36. The van der Waals surface area contributed by atoms with Crippen LogP contribution in [0.4, 0.5) is 4.39 Å². The van der Waals surface area contributed by atoms with Gasteiger partial charge in [-0.25, -0.2) is 12.8 Å². The maximum absolute atomic E-state index is 14.0. The van der Waals surface area contributed by atoms with E-state index in [1.807, 2.05) is 0 Å². The van der Waals surface area contributed by atoms with Crippen molar-refractivity contribution in [1.82, 2.24) is 14.5 Å². The van der Waals surface area contributed by atoms with E-state index in [1.165, 1.54) is 12.1 Å². The van der Waals surface area contributed by atoms with Crippen LogP contribution >= 0.6 is 11.6 Å². The maximum atomic E-state index is 14.0. The van der Waals surface area contributed by atoms with Gasteiger partial charge in [0.25, 0.3) is 0 Å². The first-order chi connectivity index (χ1) is 10.9. The number of morpholine rings is 1. The van der Waals surface area contributed by atoms with Gasteiger partial charge in [-0.15, -0.1) is 10.2 Å². The van der Waals surface area contributed by atoms with Gasteiger partial charge in [-0.2, -0.15) is 4.31 Å². The van der Waals surface area contributed by atoms with Gasteiger partial charge in [-0.1, -0.05) is 17.7 Å². The number of halogens is 2. The predicted molar refractivity (Wildman–Crippen MR) is 77.9 cm³/mol. The van der Waals surface area contributed by atoms with Crippen molar-refractivity contribution >= 4 is 21.6 Å². The molecule has 1 saturated heterocycles. The Morgan fingerprint density at radius 1 is 1.39 bits per heavy atom. The molecule has 2 heterocycles. The molecule has 23 heavy (non-hydrogen) atoms. The molecule has 0 saturated carbocycles. The lowest BCUT2D eigenvalue weighted by atomic mass is 10.3. The molecule has 1 aromatic carbocycles. The fraction of sp³-hybridized carbons (Fsp3) is 0.385. The molecule has 7 nitrogen and oxygen atoms in total. The molecule has 1 aromatic heterocycles. The monoisotopic (exact) mass is 361 g/mol. The van der Waals surface area contributed by atoms with Crippen LogP contribution in [0, 0.1) is 12.7 Å². The van der Waals surface area contributed by atoms with Crippen LogP contribution in [0.5, 0.6) is 0 Å². The lowest BCUT2D eigenvalue weighted by molar-refractivity contribution is -0.0177. The third kappa shape index (κ3) is 3.09. The van der Waals surface area contributed by atoms with Crippen molar-refractivity contribution in [3.05, 3.63) is 40.8 Å². The summed E-state index contributed by atoms with van der Waals surface area (Å²) in [6.07, 6.45) is -0.703. The third-order valence-corrected chi connectivity index (χ3v) is 5.73. The van der Waals surface area contributed by atoms with Crippen LogP contribution < -0.4 is 0 Å². The number of hydrogen-bond donors (Lipinski definition) is 0. The maximum Gasteiger partial charge on any atom is 0.247 e. The van der Waals surface area contributed by atoms with Crippen molar-refractivity contribution in [2.24, 2.45) is 0 Å². The second kappa shape index (κ2) is 6.16. The summed E-state index contributed by atoms with van der Waals surface area (Å²) in [4.78, 5) is -0.538. The number of hydrogen-bond acceptors (Lipinski definition) is 6. The van der Waals surface area contributed by atoms with E-state index in [0.29, 0.717) is 5.89 Å². The molecule has 0 radical (unpaired) electrons. The second-order valence-electron chi connectivity index (χ2n) is 4.93. The Labute approximate surface area is 137 Å². The smallest absolute Gasteiger partial charge is 0.247 e. The number of rotatable bonds is 3. The van der Waals surface area contributed by atoms with Gasteiger partial charge < -0.3 is 9.15 Å². The molecular formula is C13H13ClFN3O4S. The van der Waals surface area contributed by atoms with E-state index in [2.05, 4.69) is 10.2 Å². The number of aryl methyl sites for hydroxylation is 1. The van der Waals surface area contributed by atoms with Crippen LogP contribution in [0.25, 0.3) is 0 Å². The molecule has 1 atom stereocenters. The number of ether oxygens (including phenoxy) is 1. The van der Waals surface area contributed by atoms with E-state index < -0.39 is 26.8 Å². The van der Waals surface area contributed by atoms with Gasteiger partial charge in [0.15, 0.2) is 0 Å². The highest BCUT2D eigenvalue weighted by atomic mass is 35.5. The zero-order valence-electron chi connectivity index (χ0n) is 12.1. The Morgan fingerprint density at radius 3 is 2.83 bits per heavy atom. The Hall–Kier alpha value is -1.55. The van der Waals surface area contributed by atoms with Crippen LogP contribution in [0.2, 0.25) is 5.02 Å². The highest BCUT2D eigenvalue weighted by Gasteiger charge is 2.36. The van der Waals surface area contributed by atoms with Crippen LogP contribution in [0.1, 0.15) is 17.9 Å². The first kappa shape index (κ1) is 16.3. The molecular weight excluding hydrogens is 349 g/mol. The molecule has 124 valence electrons. The van der Waals surface area contributed by atoms with Crippen molar-refractivity contribution in [3.8, 4) is 0 Å². The molecule has 0 amide bonds. The minimum absolute atomic E-state index is 0.0609. The van der Waals surface area contributed by atoms with Crippen LogP contribution in [0.3, 0.4) is 0 Å². The zero-order chi connectivity index (χ0) is 16.6. The number of sulfonamides is 1. The fourth-order valence-corrected chi connectivity index (χ4v) is 4.28.